The Hall–Kier alpha value is -2.08. The van der Waals surface area contributed by atoms with Crippen molar-refractivity contribution in [2.75, 3.05) is 25.5 Å². The Morgan fingerprint density at radius 2 is 2.25 bits per heavy atom. The fourth-order valence-corrected chi connectivity index (χ4v) is 3.81. The average molecular weight is 385 g/mol. The van der Waals surface area contributed by atoms with Gasteiger partial charge in [0, 0.05) is 36.8 Å². The Morgan fingerprint density at radius 3 is 2.93 bits per heavy atom. The van der Waals surface area contributed by atoms with Crippen molar-refractivity contribution in [2.24, 2.45) is 10.9 Å². The molecule has 2 heterocycles. The maximum Gasteiger partial charge on any atom is 0.153 e. The van der Waals surface area contributed by atoms with Gasteiger partial charge in [0.05, 0.1) is 0 Å². The number of rotatable bonds is 8. The minimum absolute atomic E-state index is 0.521. The summed E-state index contributed by atoms with van der Waals surface area (Å²) in [5.41, 5.74) is 1.23. The zero-order valence-electron chi connectivity index (χ0n) is 17.8. The highest BCUT2D eigenvalue weighted by atomic mass is 15.3. The summed E-state index contributed by atoms with van der Waals surface area (Å²) in [4.78, 5) is 7.44. The first kappa shape index (κ1) is 20.6. The van der Waals surface area contributed by atoms with Crippen LogP contribution in [-0.4, -0.2) is 47.1 Å². The van der Waals surface area contributed by atoms with Gasteiger partial charge in [0.1, 0.15) is 11.7 Å². The maximum absolute atomic E-state index is 5.00. The van der Waals surface area contributed by atoms with Crippen LogP contribution in [0.5, 0.6) is 0 Å². The molecule has 154 valence electrons. The molecule has 3 rings (SSSR count). The molecule has 1 saturated carbocycles. The average Bonchev–Trinajstić information content (AvgIpc) is 3.46. The van der Waals surface area contributed by atoms with E-state index in [1.54, 1.807) is 0 Å². The lowest BCUT2D eigenvalue weighted by atomic mass is 9.91. The van der Waals surface area contributed by atoms with Crippen molar-refractivity contribution in [3.63, 3.8) is 0 Å². The molecule has 1 aromatic rings. The van der Waals surface area contributed by atoms with Gasteiger partial charge in [0.25, 0.3) is 0 Å². The van der Waals surface area contributed by atoms with E-state index in [1.807, 2.05) is 19.1 Å². The minimum atomic E-state index is 0.521. The lowest BCUT2D eigenvalue weighted by molar-refractivity contribution is 0.187. The van der Waals surface area contributed by atoms with Crippen LogP contribution in [0.25, 0.3) is 0 Å². The number of likely N-dealkylation sites (tertiary alicyclic amines) is 1. The second-order valence-electron chi connectivity index (χ2n) is 8.00. The molecule has 6 heteroatoms. The molecule has 1 aliphatic carbocycles. The van der Waals surface area contributed by atoms with Gasteiger partial charge in [0.15, 0.2) is 5.82 Å². The number of anilines is 1. The van der Waals surface area contributed by atoms with Gasteiger partial charge in [0.2, 0.25) is 0 Å². The van der Waals surface area contributed by atoms with E-state index in [9.17, 15) is 0 Å². The smallest absolute Gasteiger partial charge is 0.153 e. The number of aromatic nitrogens is 2. The summed E-state index contributed by atoms with van der Waals surface area (Å²) in [6, 6.07) is 2.64. The van der Waals surface area contributed by atoms with E-state index in [0.29, 0.717) is 17.9 Å². The van der Waals surface area contributed by atoms with E-state index in [2.05, 4.69) is 58.8 Å². The Morgan fingerprint density at radius 1 is 1.43 bits per heavy atom. The first-order valence-electron chi connectivity index (χ1n) is 10.8. The highest BCUT2D eigenvalue weighted by Crippen LogP contribution is 2.39. The Kier molecular flexibility index (Phi) is 7.31. The predicted octanol–water partition coefficient (Wildman–Crippen LogP) is 4.24. The van der Waals surface area contributed by atoms with Crippen molar-refractivity contribution < 1.29 is 0 Å². The molecule has 2 atom stereocenters. The van der Waals surface area contributed by atoms with Crippen LogP contribution < -0.4 is 10.6 Å². The Balaban J connectivity index is 1.75. The first-order valence-corrected chi connectivity index (χ1v) is 10.8. The van der Waals surface area contributed by atoms with Crippen LogP contribution in [0, 0.1) is 5.92 Å². The molecule has 1 aliphatic heterocycles. The molecule has 0 bridgehead atoms. The van der Waals surface area contributed by atoms with E-state index >= 15 is 0 Å². The molecule has 0 spiro atoms. The third-order valence-corrected chi connectivity index (χ3v) is 5.76. The van der Waals surface area contributed by atoms with Crippen molar-refractivity contribution in [3.8, 4) is 0 Å². The Labute approximate surface area is 169 Å². The monoisotopic (exact) mass is 384 g/mol. The van der Waals surface area contributed by atoms with Crippen molar-refractivity contribution in [2.45, 2.75) is 64.8 Å². The zero-order valence-corrected chi connectivity index (χ0v) is 17.8. The number of nitrogens with zero attached hydrogens (tertiary/aromatic N) is 3. The molecule has 2 fully saturated rings. The Bertz CT molecular complexity index is 712. The number of amidine groups is 1. The number of aromatic amines is 1. The highest BCUT2D eigenvalue weighted by Gasteiger charge is 2.26. The summed E-state index contributed by atoms with van der Waals surface area (Å²) in [5.74, 6) is 4.06. The molecule has 1 saturated heterocycles. The van der Waals surface area contributed by atoms with Crippen LogP contribution in [0.4, 0.5) is 5.82 Å². The third-order valence-electron chi connectivity index (χ3n) is 5.76. The molecule has 0 aromatic carbocycles. The lowest BCUT2D eigenvalue weighted by Gasteiger charge is -2.37. The van der Waals surface area contributed by atoms with Crippen molar-refractivity contribution in [1.82, 2.24) is 20.4 Å². The summed E-state index contributed by atoms with van der Waals surface area (Å²) in [6.07, 6.45) is 12.3. The van der Waals surface area contributed by atoms with Crippen LogP contribution in [0.15, 0.2) is 35.1 Å². The number of allylic oxidation sites excluding steroid dienone is 2. The van der Waals surface area contributed by atoms with Crippen molar-refractivity contribution in [1.29, 1.82) is 0 Å². The normalized spacial score (nSPS) is 22.7. The van der Waals surface area contributed by atoms with Gasteiger partial charge in [-0.3, -0.25) is 5.10 Å². The number of aliphatic imine (C=N–C) groups is 1. The standard InChI is InChI=1S/C22H36N6/c1-5-8-20(24-21-14-19(26-27-21)17-11-12-17)25-22(9-6-2)28-13-7-10-18(15-28)16(3)23-4/h5,8-9,14,16-18,23H,6-7,10-13,15H2,1-4H3,(H2,24,25,26,27)/b8-5-,22-9-. The van der Waals surface area contributed by atoms with E-state index in [4.69, 9.17) is 4.99 Å². The van der Waals surface area contributed by atoms with Gasteiger partial charge in [-0.05, 0) is 71.1 Å². The molecule has 2 unspecified atom stereocenters. The van der Waals surface area contributed by atoms with Crippen LogP contribution in [0.1, 0.15) is 64.5 Å². The van der Waals surface area contributed by atoms with Gasteiger partial charge in [-0.25, -0.2) is 4.99 Å². The molecule has 0 amide bonds. The first-order chi connectivity index (χ1) is 13.6. The van der Waals surface area contributed by atoms with Crippen molar-refractivity contribution in [3.05, 3.63) is 35.8 Å². The quantitative estimate of drug-likeness (QED) is 0.463. The summed E-state index contributed by atoms with van der Waals surface area (Å²) in [7, 11) is 2.05. The fourth-order valence-electron chi connectivity index (χ4n) is 3.81. The maximum atomic E-state index is 5.00. The van der Waals surface area contributed by atoms with Gasteiger partial charge >= 0.3 is 0 Å². The molecule has 1 aromatic heterocycles. The number of hydrogen-bond acceptors (Lipinski definition) is 4. The van der Waals surface area contributed by atoms with Crippen LogP contribution >= 0.6 is 0 Å². The lowest BCUT2D eigenvalue weighted by Crippen LogP contribution is -2.43. The second kappa shape index (κ2) is 9.92. The van der Waals surface area contributed by atoms with E-state index < -0.39 is 0 Å². The summed E-state index contributed by atoms with van der Waals surface area (Å²) < 4.78 is 0. The van der Waals surface area contributed by atoms with E-state index in [-0.39, 0.29) is 0 Å². The highest BCUT2D eigenvalue weighted by molar-refractivity contribution is 6.03. The van der Waals surface area contributed by atoms with Gasteiger partial charge in [-0.2, -0.15) is 5.10 Å². The molecular weight excluding hydrogens is 348 g/mol. The summed E-state index contributed by atoms with van der Waals surface area (Å²) in [6.45, 7) is 8.59. The van der Waals surface area contributed by atoms with Crippen LogP contribution in [0.3, 0.4) is 0 Å². The van der Waals surface area contributed by atoms with Gasteiger partial charge in [-0.1, -0.05) is 13.0 Å². The summed E-state index contributed by atoms with van der Waals surface area (Å²) >= 11 is 0. The van der Waals surface area contributed by atoms with E-state index in [0.717, 1.165) is 37.0 Å². The molecule has 2 aliphatic rings. The predicted molar refractivity (Wildman–Crippen MR) is 118 cm³/mol. The number of hydrogen-bond donors (Lipinski definition) is 3. The van der Waals surface area contributed by atoms with Crippen LogP contribution in [0.2, 0.25) is 0 Å². The number of H-pyrrole nitrogens is 1. The largest absolute Gasteiger partial charge is 0.356 e. The molecule has 3 N–H and O–H groups in total. The second-order valence-corrected chi connectivity index (χ2v) is 8.00. The van der Waals surface area contributed by atoms with Gasteiger partial charge < -0.3 is 15.5 Å². The minimum Gasteiger partial charge on any atom is -0.356 e. The fraction of sp³-hybridized carbons (Fsp3) is 0.636. The molecule has 28 heavy (non-hydrogen) atoms. The number of nitrogens with one attached hydrogen (secondary N) is 3. The topological polar surface area (TPSA) is 68.3 Å². The van der Waals surface area contributed by atoms with Crippen molar-refractivity contribution >= 4 is 11.7 Å². The SMILES string of the molecule is C\C=C/C(=N\C(=C\CC)N1CCCC(C(C)NC)C1)Nc1cc(C2CC2)[nH]n1. The third kappa shape index (κ3) is 5.47. The molecule has 0 radical (unpaired) electrons. The number of piperidine rings is 1. The van der Waals surface area contributed by atoms with Crippen LogP contribution in [-0.2, 0) is 0 Å². The van der Waals surface area contributed by atoms with E-state index in [1.165, 1.54) is 31.4 Å². The van der Waals surface area contributed by atoms with Gasteiger partial charge in [-0.15, -0.1) is 0 Å². The zero-order chi connectivity index (χ0) is 19.9. The molecule has 6 nitrogen and oxygen atoms in total. The summed E-state index contributed by atoms with van der Waals surface area (Å²) in [5, 5.41) is 14.4. The molecular formula is C22H36N6.